The first-order valence-corrected chi connectivity index (χ1v) is 5.15. The molecule has 2 aromatic rings. The Morgan fingerprint density at radius 3 is 2.82 bits per heavy atom. The summed E-state index contributed by atoms with van der Waals surface area (Å²) in [5.41, 5.74) is 0.293. The summed E-state index contributed by atoms with van der Waals surface area (Å²) in [6, 6.07) is 4.12. The zero-order valence-corrected chi connectivity index (χ0v) is 9.32. The van der Waals surface area contributed by atoms with Gasteiger partial charge in [0.1, 0.15) is 6.33 Å². The monoisotopic (exact) mass is 238 g/mol. The molecular weight excluding hydrogens is 226 g/mol. The maximum absolute atomic E-state index is 13.3. The fourth-order valence-electron chi connectivity index (χ4n) is 1.46. The minimum Gasteiger partial charge on any atom is -0.306 e. The molecule has 0 saturated carbocycles. The van der Waals surface area contributed by atoms with Crippen molar-refractivity contribution in [1.29, 1.82) is 0 Å². The van der Waals surface area contributed by atoms with E-state index in [1.807, 2.05) is 0 Å². The van der Waals surface area contributed by atoms with Crippen LogP contribution in [-0.4, -0.2) is 14.8 Å². The summed E-state index contributed by atoms with van der Waals surface area (Å²) in [6.45, 7) is 0.651. The number of halogens is 2. The Balaban J connectivity index is 1.92. The Bertz CT molecular complexity index is 510. The molecule has 4 nitrogen and oxygen atoms in total. The summed E-state index contributed by atoms with van der Waals surface area (Å²) in [5, 5.41) is 7.01. The van der Waals surface area contributed by atoms with Crippen LogP contribution in [0.1, 0.15) is 11.4 Å². The van der Waals surface area contributed by atoms with E-state index in [0.29, 0.717) is 17.9 Å². The third-order valence-electron chi connectivity index (χ3n) is 2.28. The third-order valence-corrected chi connectivity index (χ3v) is 2.28. The maximum atomic E-state index is 13.3. The molecule has 90 valence electrons. The van der Waals surface area contributed by atoms with Crippen molar-refractivity contribution in [3.05, 3.63) is 47.5 Å². The molecule has 1 aromatic carbocycles. The van der Waals surface area contributed by atoms with Gasteiger partial charge in [-0.1, -0.05) is 12.1 Å². The summed E-state index contributed by atoms with van der Waals surface area (Å²) < 4.78 is 27.8. The topological polar surface area (TPSA) is 42.7 Å². The normalized spacial score (nSPS) is 10.8. The highest BCUT2D eigenvalue weighted by Crippen LogP contribution is 2.10. The maximum Gasteiger partial charge on any atom is 0.164 e. The Morgan fingerprint density at radius 1 is 1.29 bits per heavy atom. The van der Waals surface area contributed by atoms with Crippen molar-refractivity contribution < 1.29 is 8.78 Å². The smallest absolute Gasteiger partial charge is 0.164 e. The van der Waals surface area contributed by atoms with Gasteiger partial charge >= 0.3 is 0 Å². The molecule has 0 fully saturated rings. The standard InChI is InChI=1S/C11H12F2N4/c1-17-7-15-10(16-17)6-14-5-8-3-2-4-9(12)11(8)13/h2-4,7,14H,5-6H2,1H3. The lowest BCUT2D eigenvalue weighted by atomic mass is 10.2. The lowest BCUT2D eigenvalue weighted by Crippen LogP contribution is -2.15. The average molecular weight is 238 g/mol. The van der Waals surface area contributed by atoms with Gasteiger partial charge in [-0.25, -0.2) is 13.8 Å². The number of benzene rings is 1. The zero-order chi connectivity index (χ0) is 12.3. The van der Waals surface area contributed by atoms with Crippen molar-refractivity contribution in [3.8, 4) is 0 Å². The van der Waals surface area contributed by atoms with Gasteiger partial charge in [-0.2, -0.15) is 5.10 Å². The van der Waals surface area contributed by atoms with Crippen molar-refractivity contribution in [2.24, 2.45) is 7.05 Å². The van der Waals surface area contributed by atoms with Crippen LogP contribution in [0, 0.1) is 11.6 Å². The van der Waals surface area contributed by atoms with Gasteiger partial charge in [-0.05, 0) is 6.07 Å². The molecule has 0 spiro atoms. The van der Waals surface area contributed by atoms with Crippen LogP contribution in [0.3, 0.4) is 0 Å². The van der Waals surface area contributed by atoms with E-state index in [9.17, 15) is 8.78 Å². The predicted molar refractivity (Wildman–Crippen MR) is 57.9 cm³/mol. The molecule has 1 N–H and O–H groups in total. The van der Waals surface area contributed by atoms with E-state index in [0.717, 1.165) is 6.07 Å². The SMILES string of the molecule is Cn1cnc(CNCc2cccc(F)c2F)n1. The van der Waals surface area contributed by atoms with E-state index in [4.69, 9.17) is 0 Å². The molecule has 1 aromatic heterocycles. The van der Waals surface area contributed by atoms with Crippen molar-refractivity contribution in [2.45, 2.75) is 13.1 Å². The number of nitrogens with zero attached hydrogens (tertiary/aromatic N) is 3. The van der Waals surface area contributed by atoms with Crippen LogP contribution in [0.25, 0.3) is 0 Å². The summed E-state index contributed by atoms with van der Waals surface area (Å²) in [4.78, 5) is 4.01. The molecule has 0 saturated heterocycles. The minimum absolute atomic E-state index is 0.238. The Kier molecular flexibility index (Phi) is 3.43. The molecule has 17 heavy (non-hydrogen) atoms. The number of nitrogens with one attached hydrogen (secondary N) is 1. The first-order valence-electron chi connectivity index (χ1n) is 5.15. The zero-order valence-electron chi connectivity index (χ0n) is 9.32. The second-order valence-corrected chi connectivity index (χ2v) is 3.65. The largest absolute Gasteiger partial charge is 0.306 e. The van der Waals surface area contributed by atoms with Crippen LogP contribution in [0.15, 0.2) is 24.5 Å². The van der Waals surface area contributed by atoms with Gasteiger partial charge in [-0.3, -0.25) is 4.68 Å². The van der Waals surface area contributed by atoms with Crippen LogP contribution < -0.4 is 5.32 Å². The second-order valence-electron chi connectivity index (χ2n) is 3.65. The highest BCUT2D eigenvalue weighted by atomic mass is 19.2. The van der Waals surface area contributed by atoms with E-state index in [2.05, 4.69) is 15.4 Å². The molecule has 0 amide bonds. The van der Waals surface area contributed by atoms with Crippen molar-refractivity contribution in [1.82, 2.24) is 20.1 Å². The molecule has 0 radical (unpaired) electrons. The quantitative estimate of drug-likeness (QED) is 0.875. The van der Waals surface area contributed by atoms with Gasteiger partial charge in [0, 0.05) is 19.2 Å². The second kappa shape index (κ2) is 5.01. The van der Waals surface area contributed by atoms with Gasteiger partial charge in [0.05, 0.1) is 6.54 Å². The predicted octanol–water partition coefficient (Wildman–Crippen LogP) is 1.38. The lowest BCUT2D eigenvalue weighted by molar-refractivity contribution is 0.492. The minimum atomic E-state index is -0.833. The van der Waals surface area contributed by atoms with Crippen LogP contribution in [-0.2, 0) is 20.1 Å². The van der Waals surface area contributed by atoms with Gasteiger partial charge < -0.3 is 5.32 Å². The average Bonchev–Trinajstić information content (AvgIpc) is 2.70. The number of rotatable bonds is 4. The molecule has 0 atom stereocenters. The van der Waals surface area contributed by atoms with Crippen LogP contribution >= 0.6 is 0 Å². The highest BCUT2D eigenvalue weighted by Gasteiger charge is 2.07. The first kappa shape index (κ1) is 11.7. The van der Waals surface area contributed by atoms with Crippen LogP contribution in [0.4, 0.5) is 8.78 Å². The van der Waals surface area contributed by atoms with Crippen molar-refractivity contribution in [2.75, 3.05) is 0 Å². The van der Waals surface area contributed by atoms with Crippen molar-refractivity contribution in [3.63, 3.8) is 0 Å². The van der Waals surface area contributed by atoms with E-state index in [1.165, 1.54) is 12.1 Å². The van der Waals surface area contributed by atoms with Gasteiger partial charge in [0.25, 0.3) is 0 Å². The molecule has 0 aliphatic carbocycles. The van der Waals surface area contributed by atoms with Crippen LogP contribution in [0.5, 0.6) is 0 Å². The molecule has 0 aliphatic heterocycles. The van der Waals surface area contributed by atoms with Gasteiger partial charge in [-0.15, -0.1) is 0 Å². The number of hydrogen-bond acceptors (Lipinski definition) is 3. The summed E-state index contributed by atoms with van der Waals surface area (Å²) in [7, 11) is 1.77. The molecular formula is C11H12F2N4. The van der Waals surface area contributed by atoms with E-state index in [-0.39, 0.29) is 6.54 Å². The molecule has 0 unspecified atom stereocenters. The molecule has 6 heteroatoms. The Morgan fingerprint density at radius 2 is 2.12 bits per heavy atom. The van der Waals surface area contributed by atoms with Crippen LogP contribution in [0.2, 0.25) is 0 Å². The fraction of sp³-hybridized carbons (Fsp3) is 0.273. The van der Waals surface area contributed by atoms with Gasteiger partial charge in [0.15, 0.2) is 17.5 Å². The molecule has 0 bridgehead atoms. The van der Waals surface area contributed by atoms with E-state index >= 15 is 0 Å². The summed E-state index contributed by atoms with van der Waals surface area (Å²) in [5.74, 6) is -1.03. The fourth-order valence-corrected chi connectivity index (χ4v) is 1.46. The summed E-state index contributed by atoms with van der Waals surface area (Å²) >= 11 is 0. The molecule has 1 heterocycles. The van der Waals surface area contributed by atoms with Crippen molar-refractivity contribution >= 4 is 0 Å². The number of aromatic nitrogens is 3. The highest BCUT2D eigenvalue weighted by molar-refractivity contribution is 5.18. The lowest BCUT2D eigenvalue weighted by Gasteiger charge is -2.04. The molecule has 2 rings (SSSR count). The Labute approximate surface area is 97.3 Å². The van der Waals surface area contributed by atoms with Gasteiger partial charge in [0.2, 0.25) is 0 Å². The third kappa shape index (κ3) is 2.85. The van der Waals surface area contributed by atoms with E-state index < -0.39 is 11.6 Å². The number of hydrogen-bond donors (Lipinski definition) is 1. The van der Waals surface area contributed by atoms with E-state index in [1.54, 1.807) is 18.1 Å². The first-order chi connectivity index (χ1) is 8.16. The molecule has 0 aliphatic rings. The number of aryl methyl sites for hydroxylation is 1. The Hall–Kier alpha value is -1.82. The summed E-state index contributed by atoms with van der Waals surface area (Å²) in [6.07, 6.45) is 1.58.